The fourth-order valence-electron chi connectivity index (χ4n) is 3.70. The normalized spacial score (nSPS) is 17.0. The quantitative estimate of drug-likeness (QED) is 0.748. The molecule has 0 unspecified atom stereocenters. The third-order valence-corrected chi connectivity index (χ3v) is 6.01. The minimum atomic E-state index is 0.0972. The third-order valence-electron chi connectivity index (χ3n) is 4.92. The summed E-state index contributed by atoms with van der Waals surface area (Å²) in [7, 11) is 1.68. The minimum Gasteiger partial charge on any atom is -0.497 e. The molecule has 0 saturated carbocycles. The lowest BCUT2D eigenvalue weighted by molar-refractivity contribution is -0.929. The molecule has 0 amide bonds. The average Bonchev–Trinajstić information content (AvgIpc) is 3.15. The number of nitrogens with zero attached hydrogens (tertiary/aromatic N) is 3. The van der Waals surface area contributed by atoms with Crippen molar-refractivity contribution in [3.63, 3.8) is 0 Å². The Balaban J connectivity index is 1.80. The van der Waals surface area contributed by atoms with Crippen molar-refractivity contribution in [3.05, 3.63) is 40.5 Å². The summed E-state index contributed by atoms with van der Waals surface area (Å²) in [5, 5.41) is 15.1. The molecule has 1 aromatic carbocycles. The lowest BCUT2D eigenvalue weighted by atomic mass is 10.0. The van der Waals surface area contributed by atoms with Crippen molar-refractivity contribution < 1.29 is 14.7 Å². The van der Waals surface area contributed by atoms with E-state index in [1.165, 1.54) is 41.1 Å². The molecule has 0 aliphatic carbocycles. The highest BCUT2D eigenvalue weighted by molar-refractivity contribution is 7.17. The summed E-state index contributed by atoms with van der Waals surface area (Å²) in [5.74, 6) is 1.75. The molecule has 1 fully saturated rings. The maximum Gasteiger partial charge on any atom is 0.235 e. The first kappa shape index (κ1) is 16.4. The van der Waals surface area contributed by atoms with Crippen molar-refractivity contribution >= 4 is 16.3 Å². The monoisotopic (exact) mass is 359 g/mol. The number of quaternary nitrogens is 1. The van der Waals surface area contributed by atoms with Crippen molar-refractivity contribution in [1.29, 1.82) is 0 Å². The summed E-state index contributed by atoms with van der Waals surface area (Å²) in [4.78, 5) is 7.61. The average molecular weight is 359 g/mol. The SMILES string of the molecule is COc1ccc([C@@H](c2sc3nc(C)nn3c2O)[NH+]2CCCCC2)cc1. The van der Waals surface area contributed by atoms with Crippen LogP contribution < -0.4 is 9.64 Å². The zero-order chi connectivity index (χ0) is 17.4. The van der Waals surface area contributed by atoms with Gasteiger partial charge < -0.3 is 14.7 Å². The van der Waals surface area contributed by atoms with Gasteiger partial charge in [-0.05, 0) is 50.5 Å². The zero-order valence-corrected chi connectivity index (χ0v) is 15.3. The van der Waals surface area contributed by atoms with Crippen LogP contribution in [-0.4, -0.2) is 39.9 Å². The third kappa shape index (κ3) is 2.98. The molecule has 25 heavy (non-hydrogen) atoms. The van der Waals surface area contributed by atoms with E-state index in [0.717, 1.165) is 28.7 Å². The molecule has 1 aliphatic heterocycles. The van der Waals surface area contributed by atoms with Crippen LogP contribution in [0.15, 0.2) is 24.3 Å². The van der Waals surface area contributed by atoms with Crippen LogP contribution in [-0.2, 0) is 0 Å². The molecule has 0 radical (unpaired) electrons. The smallest absolute Gasteiger partial charge is 0.235 e. The Hall–Kier alpha value is -2.12. The van der Waals surface area contributed by atoms with E-state index in [4.69, 9.17) is 4.74 Å². The topological polar surface area (TPSA) is 64.1 Å². The van der Waals surface area contributed by atoms with Gasteiger partial charge in [0.15, 0.2) is 6.04 Å². The maximum atomic E-state index is 10.8. The number of nitrogens with one attached hydrogen (secondary N) is 1. The highest BCUT2D eigenvalue weighted by Crippen LogP contribution is 2.35. The van der Waals surface area contributed by atoms with E-state index in [-0.39, 0.29) is 11.9 Å². The van der Waals surface area contributed by atoms with Crippen LogP contribution in [0.3, 0.4) is 0 Å². The van der Waals surface area contributed by atoms with Gasteiger partial charge in [0.05, 0.1) is 20.2 Å². The van der Waals surface area contributed by atoms with Gasteiger partial charge in [-0.1, -0.05) is 11.3 Å². The van der Waals surface area contributed by atoms with Crippen LogP contribution in [0.4, 0.5) is 0 Å². The number of aromatic hydroxyl groups is 1. The lowest BCUT2D eigenvalue weighted by Gasteiger charge is -2.31. The second kappa shape index (κ2) is 6.65. The van der Waals surface area contributed by atoms with E-state index >= 15 is 0 Å². The van der Waals surface area contributed by atoms with Gasteiger partial charge in [-0.25, -0.2) is 4.98 Å². The van der Waals surface area contributed by atoms with Crippen LogP contribution in [0.2, 0.25) is 0 Å². The summed E-state index contributed by atoms with van der Waals surface area (Å²) >= 11 is 1.54. The van der Waals surface area contributed by atoms with Gasteiger partial charge in [-0.2, -0.15) is 4.52 Å². The van der Waals surface area contributed by atoms with E-state index in [0.29, 0.717) is 5.82 Å². The number of aryl methyl sites for hydroxylation is 1. The minimum absolute atomic E-state index is 0.0972. The van der Waals surface area contributed by atoms with E-state index in [9.17, 15) is 5.11 Å². The number of rotatable bonds is 4. The van der Waals surface area contributed by atoms with Crippen LogP contribution in [0.25, 0.3) is 4.96 Å². The van der Waals surface area contributed by atoms with E-state index < -0.39 is 0 Å². The summed E-state index contributed by atoms with van der Waals surface area (Å²) in [6.07, 6.45) is 3.74. The summed E-state index contributed by atoms with van der Waals surface area (Å²) in [6, 6.07) is 8.28. The fourth-order valence-corrected chi connectivity index (χ4v) is 4.89. The second-order valence-corrected chi connectivity index (χ2v) is 7.58. The maximum absolute atomic E-state index is 10.8. The van der Waals surface area contributed by atoms with Crippen LogP contribution in [0, 0.1) is 6.92 Å². The molecule has 7 heteroatoms. The van der Waals surface area contributed by atoms with Crippen molar-refractivity contribution in [1.82, 2.24) is 14.6 Å². The number of thiazole rings is 1. The van der Waals surface area contributed by atoms with E-state index in [1.807, 2.05) is 19.1 Å². The number of benzene rings is 1. The number of ether oxygens (including phenoxy) is 1. The highest BCUT2D eigenvalue weighted by Gasteiger charge is 2.33. The van der Waals surface area contributed by atoms with E-state index in [1.54, 1.807) is 11.6 Å². The molecule has 1 aliphatic rings. The predicted octanol–water partition coefficient (Wildman–Crippen LogP) is 1.97. The Morgan fingerprint density at radius 2 is 1.92 bits per heavy atom. The molecule has 6 nitrogen and oxygen atoms in total. The van der Waals surface area contributed by atoms with Gasteiger partial charge in [-0.3, -0.25) is 0 Å². The van der Waals surface area contributed by atoms with Gasteiger partial charge in [-0.15, -0.1) is 5.10 Å². The van der Waals surface area contributed by atoms with Crippen LogP contribution >= 0.6 is 11.3 Å². The predicted molar refractivity (Wildman–Crippen MR) is 96.7 cm³/mol. The van der Waals surface area contributed by atoms with Crippen LogP contribution in [0.1, 0.15) is 41.6 Å². The molecule has 0 spiro atoms. The molecular formula is C18H23N4O2S+. The lowest BCUT2D eigenvalue weighted by Crippen LogP contribution is -3.13. The Kier molecular flexibility index (Phi) is 4.35. The first-order chi connectivity index (χ1) is 12.2. The molecule has 1 atom stereocenters. The van der Waals surface area contributed by atoms with Crippen molar-refractivity contribution in [2.45, 2.75) is 32.2 Å². The Morgan fingerprint density at radius 1 is 1.20 bits per heavy atom. The van der Waals surface area contributed by atoms with E-state index in [2.05, 4.69) is 22.2 Å². The number of hydrogen-bond acceptors (Lipinski definition) is 5. The van der Waals surface area contributed by atoms with Gasteiger partial charge in [0.1, 0.15) is 16.5 Å². The van der Waals surface area contributed by atoms with Gasteiger partial charge in [0.2, 0.25) is 10.8 Å². The Morgan fingerprint density at radius 3 is 2.56 bits per heavy atom. The Bertz CT molecular complexity index is 865. The number of methoxy groups -OCH3 is 1. The number of aromatic nitrogens is 3. The molecule has 132 valence electrons. The zero-order valence-electron chi connectivity index (χ0n) is 14.5. The molecule has 1 saturated heterocycles. The number of fused-ring (bicyclic) bond motifs is 1. The van der Waals surface area contributed by atoms with Gasteiger partial charge in [0, 0.05) is 5.56 Å². The largest absolute Gasteiger partial charge is 0.497 e. The second-order valence-electron chi connectivity index (χ2n) is 6.57. The molecule has 0 bridgehead atoms. The summed E-state index contributed by atoms with van der Waals surface area (Å²) in [6.45, 7) is 4.07. The number of piperidine rings is 1. The summed E-state index contributed by atoms with van der Waals surface area (Å²) in [5.41, 5.74) is 1.19. The molecule has 2 aromatic heterocycles. The number of likely N-dealkylation sites (tertiary alicyclic amines) is 1. The molecule has 2 N–H and O–H groups in total. The highest BCUT2D eigenvalue weighted by atomic mass is 32.1. The first-order valence-corrected chi connectivity index (χ1v) is 9.52. The van der Waals surface area contributed by atoms with Gasteiger partial charge >= 0.3 is 0 Å². The van der Waals surface area contributed by atoms with Crippen LogP contribution in [0.5, 0.6) is 11.6 Å². The van der Waals surface area contributed by atoms with Crippen molar-refractivity contribution in [2.75, 3.05) is 20.2 Å². The molecular weight excluding hydrogens is 336 g/mol. The fraction of sp³-hybridized carbons (Fsp3) is 0.444. The molecule has 4 rings (SSSR count). The van der Waals surface area contributed by atoms with Gasteiger partial charge in [0.25, 0.3) is 0 Å². The number of hydrogen-bond donors (Lipinski definition) is 2. The standard InChI is InChI=1S/C18H22N4O2S/c1-12-19-18-22(20-12)17(23)16(25-18)15(21-10-4-3-5-11-21)13-6-8-14(24-2)9-7-13/h6-9,15,23H,3-5,10-11H2,1-2H3/p+1/t15-/m0/s1. The van der Waals surface area contributed by atoms with Crippen molar-refractivity contribution in [2.24, 2.45) is 0 Å². The molecule has 3 heterocycles. The molecule has 3 aromatic rings. The Labute approximate surface area is 150 Å². The summed E-state index contributed by atoms with van der Waals surface area (Å²) < 4.78 is 6.86. The first-order valence-electron chi connectivity index (χ1n) is 8.71. The van der Waals surface area contributed by atoms with Crippen molar-refractivity contribution in [3.8, 4) is 11.6 Å².